The van der Waals surface area contributed by atoms with E-state index in [1.807, 2.05) is 13.0 Å². The number of hydrogen-bond acceptors (Lipinski definition) is 2. The van der Waals surface area contributed by atoms with Crippen molar-refractivity contribution in [2.75, 3.05) is 0 Å². The maximum Gasteiger partial charge on any atom is 0.0488 e. The Balaban J connectivity index is 2.98. The molecule has 1 unspecified atom stereocenters. The fourth-order valence-electron chi connectivity index (χ4n) is 2.13. The summed E-state index contributed by atoms with van der Waals surface area (Å²) in [6.45, 7) is 6.41. The number of nitrogens with two attached hydrogens (primary N) is 1. The van der Waals surface area contributed by atoms with Crippen LogP contribution in [0.15, 0.2) is 18.2 Å². The fraction of sp³-hybridized carbons (Fsp3) is 0.538. The van der Waals surface area contributed by atoms with Crippen LogP contribution in [0.5, 0.6) is 0 Å². The van der Waals surface area contributed by atoms with Gasteiger partial charge in [0.05, 0.1) is 0 Å². The number of benzene rings is 1. The van der Waals surface area contributed by atoms with E-state index in [2.05, 4.69) is 31.4 Å². The number of halogens is 1. The Hall–Kier alpha value is -0.570. The lowest BCUT2D eigenvalue weighted by Crippen LogP contribution is -2.33. The van der Waals surface area contributed by atoms with Crippen molar-refractivity contribution in [3.63, 3.8) is 0 Å². The highest BCUT2D eigenvalue weighted by Gasteiger charge is 2.19. The summed E-state index contributed by atoms with van der Waals surface area (Å²) in [6, 6.07) is 6.33. The van der Waals surface area contributed by atoms with Gasteiger partial charge in [0.15, 0.2) is 0 Å². The maximum atomic E-state index is 6.02. The zero-order chi connectivity index (χ0) is 12.1. The van der Waals surface area contributed by atoms with Crippen LogP contribution < -0.4 is 11.3 Å². The molecule has 0 saturated heterocycles. The summed E-state index contributed by atoms with van der Waals surface area (Å²) < 4.78 is 0. The first-order chi connectivity index (χ1) is 7.63. The van der Waals surface area contributed by atoms with Gasteiger partial charge >= 0.3 is 0 Å². The van der Waals surface area contributed by atoms with Crippen molar-refractivity contribution in [2.45, 2.75) is 39.7 Å². The van der Waals surface area contributed by atoms with Crippen molar-refractivity contribution in [1.29, 1.82) is 0 Å². The van der Waals surface area contributed by atoms with Crippen LogP contribution in [0, 0.1) is 12.8 Å². The van der Waals surface area contributed by atoms with Crippen molar-refractivity contribution < 1.29 is 0 Å². The minimum atomic E-state index is 0.214. The van der Waals surface area contributed by atoms with E-state index in [4.69, 9.17) is 17.4 Å². The van der Waals surface area contributed by atoms with Crippen molar-refractivity contribution in [1.82, 2.24) is 5.43 Å². The van der Waals surface area contributed by atoms with E-state index in [1.54, 1.807) is 0 Å². The van der Waals surface area contributed by atoms with Crippen LogP contribution in [0.25, 0.3) is 0 Å². The third kappa shape index (κ3) is 2.97. The van der Waals surface area contributed by atoms with Crippen LogP contribution in [0.4, 0.5) is 0 Å². The molecule has 0 spiro atoms. The first-order valence-electron chi connectivity index (χ1n) is 5.86. The minimum Gasteiger partial charge on any atom is -0.271 e. The Morgan fingerprint density at radius 2 is 1.94 bits per heavy atom. The smallest absolute Gasteiger partial charge is 0.0488 e. The van der Waals surface area contributed by atoms with Crippen molar-refractivity contribution in [2.24, 2.45) is 11.8 Å². The van der Waals surface area contributed by atoms with Gasteiger partial charge in [-0.3, -0.25) is 11.3 Å². The molecule has 0 radical (unpaired) electrons. The molecule has 3 heteroatoms. The monoisotopic (exact) mass is 240 g/mol. The van der Waals surface area contributed by atoms with Crippen LogP contribution >= 0.6 is 11.6 Å². The molecule has 1 aromatic rings. The molecule has 0 aliphatic heterocycles. The number of nitrogens with one attached hydrogen (secondary N) is 1. The molecule has 2 nitrogen and oxygen atoms in total. The van der Waals surface area contributed by atoms with Gasteiger partial charge in [-0.2, -0.15) is 0 Å². The highest BCUT2D eigenvalue weighted by Crippen LogP contribution is 2.28. The molecule has 0 aromatic heterocycles. The molecule has 0 fully saturated rings. The second-order valence-electron chi connectivity index (χ2n) is 4.23. The molecule has 90 valence electrons. The molecule has 0 bridgehead atoms. The molecule has 0 amide bonds. The third-order valence-electron chi connectivity index (χ3n) is 3.24. The molecular weight excluding hydrogens is 220 g/mol. The van der Waals surface area contributed by atoms with Gasteiger partial charge in [-0.25, -0.2) is 0 Å². The average Bonchev–Trinajstić information content (AvgIpc) is 2.29. The van der Waals surface area contributed by atoms with Gasteiger partial charge in [-0.05, 0) is 30.0 Å². The summed E-state index contributed by atoms with van der Waals surface area (Å²) in [5.74, 6) is 6.22. The largest absolute Gasteiger partial charge is 0.271 e. The molecule has 0 saturated carbocycles. The lowest BCUT2D eigenvalue weighted by atomic mass is 9.89. The Labute approximate surface area is 103 Å². The molecule has 3 N–H and O–H groups in total. The van der Waals surface area contributed by atoms with E-state index >= 15 is 0 Å². The second kappa shape index (κ2) is 6.24. The average molecular weight is 241 g/mol. The summed E-state index contributed by atoms with van der Waals surface area (Å²) in [4.78, 5) is 0. The van der Waals surface area contributed by atoms with Crippen LogP contribution in [0.2, 0.25) is 5.02 Å². The van der Waals surface area contributed by atoms with E-state index < -0.39 is 0 Å². The van der Waals surface area contributed by atoms with Gasteiger partial charge in [-0.15, -0.1) is 0 Å². The Kier molecular flexibility index (Phi) is 5.26. The molecule has 1 rings (SSSR count). The Morgan fingerprint density at radius 3 is 2.38 bits per heavy atom. The van der Waals surface area contributed by atoms with Crippen LogP contribution in [0.3, 0.4) is 0 Å². The topological polar surface area (TPSA) is 38.0 Å². The lowest BCUT2D eigenvalue weighted by molar-refractivity contribution is 0.345. The predicted molar refractivity (Wildman–Crippen MR) is 70.3 cm³/mol. The SMILES string of the molecule is CCC(CC)C(NN)c1ccc(Cl)c(C)c1. The number of hydrogen-bond donors (Lipinski definition) is 2. The number of hydrazine groups is 1. The van der Waals surface area contributed by atoms with E-state index in [-0.39, 0.29) is 6.04 Å². The fourth-order valence-corrected chi connectivity index (χ4v) is 2.24. The van der Waals surface area contributed by atoms with Gasteiger partial charge < -0.3 is 0 Å². The minimum absolute atomic E-state index is 0.214. The van der Waals surface area contributed by atoms with E-state index in [9.17, 15) is 0 Å². The molecule has 1 aromatic carbocycles. The molecule has 16 heavy (non-hydrogen) atoms. The van der Waals surface area contributed by atoms with Gasteiger partial charge in [0.25, 0.3) is 0 Å². The standard InChI is InChI=1S/C13H21ClN2/c1-4-10(5-2)13(16-15)11-6-7-12(14)9(3)8-11/h6-8,10,13,16H,4-5,15H2,1-3H3. The molecule has 0 aliphatic rings. The van der Waals surface area contributed by atoms with Crippen molar-refractivity contribution in [3.05, 3.63) is 34.3 Å². The van der Waals surface area contributed by atoms with Gasteiger partial charge in [0.2, 0.25) is 0 Å². The maximum absolute atomic E-state index is 6.02. The van der Waals surface area contributed by atoms with E-state index in [0.717, 1.165) is 23.4 Å². The Morgan fingerprint density at radius 1 is 1.31 bits per heavy atom. The van der Waals surface area contributed by atoms with Crippen molar-refractivity contribution in [3.8, 4) is 0 Å². The molecule has 1 atom stereocenters. The summed E-state index contributed by atoms with van der Waals surface area (Å²) in [6.07, 6.45) is 2.24. The molecule has 0 heterocycles. The van der Waals surface area contributed by atoms with Crippen LogP contribution in [0.1, 0.15) is 43.9 Å². The predicted octanol–water partition coefficient (Wildman–Crippen LogP) is 3.59. The zero-order valence-corrected chi connectivity index (χ0v) is 11.0. The third-order valence-corrected chi connectivity index (χ3v) is 3.66. The summed E-state index contributed by atoms with van der Waals surface area (Å²) in [5.41, 5.74) is 5.25. The summed E-state index contributed by atoms with van der Waals surface area (Å²) in [7, 11) is 0. The number of aryl methyl sites for hydroxylation is 1. The molecule has 0 aliphatic carbocycles. The van der Waals surface area contributed by atoms with Gasteiger partial charge in [-0.1, -0.05) is 50.4 Å². The second-order valence-corrected chi connectivity index (χ2v) is 4.64. The van der Waals surface area contributed by atoms with Gasteiger partial charge in [0.1, 0.15) is 0 Å². The van der Waals surface area contributed by atoms with E-state index in [1.165, 1.54) is 5.56 Å². The molecular formula is C13H21ClN2. The number of rotatable bonds is 5. The van der Waals surface area contributed by atoms with Crippen LogP contribution in [-0.2, 0) is 0 Å². The first kappa shape index (κ1) is 13.5. The first-order valence-corrected chi connectivity index (χ1v) is 6.24. The lowest BCUT2D eigenvalue weighted by Gasteiger charge is -2.25. The quantitative estimate of drug-likeness (QED) is 0.610. The Bertz CT molecular complexity index is 335. The van der Waals surface area contributed by atoms with Gasteiger partial charge in [0, 0.05) is 11.1 Å². The normalized spacial score (nSPS) is 13.1. The highest BCUT2D eigenvalue weighted by atomic mass is 35.5. The van der Waals surface area contributed by atoms with Crippen molar-refractivity contribution >= 4 is 11.6 Å². The highest BCUT2D eigenvalue weighted by molar-refractivity contribution is 6.31. The van der Waals surface area contributed by atoms with Crippen LogP contribution in [-0.4, -0.2) is 0 Å². The van der Waals surface area contributed by atoms with E-state index in [0.29, 0.717) is 5.92 Å². The zero-order valence-electron chi connectivity index (χ0n) is 10.3. The summed E-state index contributed by atoms with van der Waals surface area (Å²) in [5, 5.41) is 0.809. The summed E-state index contributed by atoms with van der Waals surface area (Å²) >= 11 is 6.02.